The number of benzene rings is 1. The number of pyridine rings is 1. The Bertz CT molecular complexity index is 965. The Balaban J connectivity index is 1.57. The van der Waals surface area contributed by atoms with E-state index < -0.39 is 5.82 Å². The lowest BCUT2D eigenvalue weighted by molar-refractivity contribution is 0.0645. The third-order valence-corrected chi connectivity index (χ3v) is 5.11. The second-order valence-electron chi connectivity index (χ2n) is 6.62. The van der Waals surface area contributed by atoms with Crippen molar-refractivity contribution in [1.29, 1.82) is 5.26 Å². The van der Waals surface area contributed by atoms with Gasteiger partial charge in [0, 0.05) is 12.6 Å². The number of amides is 2. The molecule has 1 N–H and O–H groups in total. The SMILES string of the molecule is N#Cc1cc(F)c(N[C@@H](CN2C(=O)c3ccccc3C2=O)C2CC2)nc1Cl. The minimum Gasteiger partial charge on any atom is -0.363 e. The van der Waals surface area contributed by atoms with Crippen LogP contribution in [0.2, 0.25) is 5.15 Å². The average Bonchev–Trinajstić information content (AvgIpc) is 3.48. The Hall–Kier alpha value is -2.98. The summed E-state index contributed by atoms with van der Waals surface area (Å²) >= 11 is 5.90. The molecule has 1 aromatic heterocycles. The molecule has 1 aliphatic heterocycles. The number of hydrogen-bond acceptors (Lipinski definition) is 5. The third kappa shape index (κ3) is 3.13. The first kappa shape index (κ1) is 17.4. The topological polar surface area (TPSA) is 86.1 Å². The highest BCUT2D eigenvalue weighted by Gasteiger charge is 2.40. The summed E-state index contributed by atoms with van der Waals surface area (Å²) in [5, 5.41) is 11.8. The van der Waals surface area contributed by atoms with Gasteiger partial charge in [0.1, 0.15) is 11.2 Å². The summed E-state index contributed by atoms with van der Waals surface area (Å²) in [7, 11) is 0. The van der Waals surface area contributed by atoms with Gasteiger partial charge in [-0.05, 0) is 37.0 Å². The van der Waals surface area contributed by atoms with Gasteiger partial charge in [-0.15, -0.1) is 0 Å². The zero-order chi connectivity index (χ0) is 19.1. The summed E-state index contributed by atoms with van der Waals surface area (Å²) in [6.45, 7) is 0.107. The van der Waals surface area contributed by atoms with Crippen LogP contribution >= 0.6 is 11.6 Å². The van der Waals surface area contributed by atoms with E-state index in [4.69, 9.17) is 16.9 Å². The highest BCUT2D eigenvalue weighted by Crippen LogP contribution is 2.36. The van der Waals surface area contributed by atoms with Gasteiger partial charge in [0.05, 0.1) is 16.7 Å². The Morgan fingerprint density at radius 3 is 2.48 bits per heavy atom. The van der Waals surface area contributed by atoms with Crippen molar-refractivity contribution < 1.29 is 14.0 Å². The number of halogens is 2. The molecule has 136 valence electrons. The average molecular weight is 385 g/mol. The number of rotatable bonds is 5. The van der Waals surface area contributed by atoms with Crippen LogP contribution in [-0.2, 0) is 0 Å². The molecule has 8 heteroatoms. The number of carbonyl (C=O) groups excluding carboxylic acids is 2. The molecular formula is C19H14ClFN4O2. The summed E-state index contributed by atoms with van der Waals surface area (Å²) in [5.41, 5.74) is 0.702. The number of carbonyl (C=O) groups is 2. The first-order chi connectivity index (χ1) is 13.0. The highest BCUT2D eigenvalue weighted by molar-refractivity contribution is 6.30. The van der Waals surface area contributed by atoms with Gasteiger partial charge in [0.2, 0.25) is 0 Å². The molecule has 2 heterocycles. The summed E-state index contributed by atoms with van der Waals surface area (Å²) in [6.07, 6.45) is 1.82. The number of nitrogens with one attached hydrogen (secondary N) is 1. The van der Waals surface area contributed by atoms with Crippen molar-refractivity contribution >= 4 is 29.2 Å². The van der Waals surface area contributed by atoms with Crippen molar-refractivity contribution in [2.45, 2.75) is 18.9 Å². The Morgan fingerprint density at radius 1 is 1.30 bits per heavy atom. The first-order valence-corrected chi connectivity index (χ1v) is 8.85. The minimum atomic E-state index is -0.705. The monoisotopic (exact) mass is 384 g/mol. The third-order valence-electron chi connectivity index (χ3n) is 4.82. The van der Waals surface area contributed by atoms with Gasteiger partial charge in [-0.3, -0.25) is 14.5 Å². The Kier molecular flexibility index (Phi) is 4.28. The second-order valence-corrected chi connectivity index (χ2v) is 6.98. The number of nitrogens with zero attached hydrogens (tertiary/aromatic N) is 3. The largest absolute Gasteiger partial charge is 0.363 e. The number of aromatic nitrogens is 1. The van der Waals surface area contributed by atoms with E-state index in [1.165, 1.54) is 4.90 Å². The molecule has 0 bridgehead atoms. The molecule has 0 saturated heterocycles. The summed E-state index contributed by atoms with van der Waals surface area (Å²) in [6, 6.07) is 9.11. The molecule has 27 heavy (non-hydrogen) atoms. The number of imide groups is 1. The fraction of sp³-hybridized carbons (Fsp3) is 0.263. The fourth-order valence-corrected chi connectivity index (χ4v) is 3.42. The van der Waals surface area contributed by atoms with E-state index >= 15 is 0 Å². The van der Waals surface area contributed by atoms with E-state index in [-0.39, 0.29) is 46.9 Å². The van der Waals surface area contributed by atoms with Crippen molar-refractivity contribution in [2.24, 2.45) is 5.92 Å². The molecule has 1 aromatic carbocycles. The quantitative estimate of drug-likeness (QED) is 0.631. The maximum absolute atomic E-state index is 14.3. The molecular weight excluding hydrogens is 371 g/mol. The second kappa shape index (κ2) is 6.63. The molecule has 1 saturated carbocycles. The molecule has 0 radical (unpaired) electrons. The van der Waals surface area contributed by atoms with E-state index in [0.29, 0.717) is 11.1 Å². The summed E-state index contributed by atoms with van der Waals surface area (Å²) < 4.78 is 14.3. The van der Waals surface area contributed by atoms with Crippen molar-refractivity contribution in [3.63, 3.8) is 0 Å². The van der Waals surface area contributed by atoms with E-state index in [1.807, 2.05) is 0 Å². The normalized spacial score (nSPS) is 16.9. The number of hydrogen-bond donors (Lipinski definition) is 1. The smallest absolute Gasteiger partial charge is 0.261 e. The van der Waals surface area contributed by atoms with E-state index in [0.717, 1.165) is 18.9 Å². The zero-order valence-corrected chi connectivity index (χ0v) is 14.8. The number of anilines is 1. The maximum atomic E-state index is 14.3. The molecule has 0 unspecified atom stereocenters. The van der Waals surface area contributed by atoms with Crippen LogP contribution in [0.4, 0.5) is 10.2 Å². The molecule has 1 aliphatic carbocycles. The predicted molar refractivity (Wildman–Crippen MR) is 95.9 cm³/mol. The van der Waals surface area contributed by atoms with Crippen LogP contribution in [0, 0.1) is 23.1 Å². The fourth-order valence-electron chi connectivity index (χ4n) is 3.23. The van der Waals surface area contributed by atoms with Crippen LogP contribution < -0.4 is 5.32 Å². The van der Waals surface area contributed by atoms with Crippen LogP contribution in [0.5, 0.6) is 0 Å². The van der Waals surface area contributed by atoms with E-state index in [1.54, 1.807) is 30.3 Å². The van der Waals surface area contributed by atoms with Crippen molar-refractivity contribution in [3.05, 3.63) is 58.0 Å². The van der Waals surface area contributed by atoms with Gasteiger partial charge in [0.25, 0.3) is 11.8 Å². The molecule has 4 rings (SSSR count). The highest BCUT2D eigenvalue weighted by atomic mass is 35.5. The lowest BCUT2D eigenvalue weighted by Gasteiger charge is -2.24. The molecule has 1 atom stereocenters. The lowest BCUT2D eigenvalue weighted by Crippen LogP contribution is -2.41. The molecule has 0 spiro atoms. The van der Waals surface area contributed by atoms with Gasteiger partial charge >= 0.3 is 0 Å². The van der Waals surface area contributed by atoms with Gasteiger partial charge in [-0.25, -0.2) is 9.37 Å². The van der Waals surface area contributed by atoms with Crippen LogP contribution in [0.15, 0.2) is 30.3 Å². The molecule has 2 aromatic rings. The summed E-state index contributed by atoms with van der Waals surface area (Å²) in [4.78, 5) is 30.2. The van der Waals surface area contributed by atoms with E-state index in [2.05, 4.69) is 10.3 Å². The van der Waals surface area contributed by atoms with Crippen LogP contribution in [0.25, 0.3) is 0 Å². The van der Waals surface area contributed by atoms with Crippen molar-refractivity contribution in [3.8, 4) is 6.07 Å². The predicted octanol–water partition coefficient (Wildman–Crippen LogP) is 3.23. The standard InChI is InChI=1S/C19H14ClFN4O2/c20-16-11(8-22)7-14(21)17(24-16)23-15(10-5-6-10)9-25-18(26)12-3-1-2-4-13(12)19(25)27/h1-4,7,10,15H,5-6,9H2,(H,23,24)/t15-/m0/s1. The van der Waals surface area contributed by atoms with Crippen LogP contribution in [0.1, 0.15) is 39.1 Å². The van der Waals surface area contributed by atoms with Gasteiger partial charge in [-0.1, -0.05) is 23.7 Å². The van der Waals surface area contributed by atoms with E-state index in [9.17, 15) is 14.0 Å². The van der Waals surface area contributed by atoms with Crippen LogP contribution in [0.3, 0.4) is 0 Å². The van der Waals surface area contributed by atoms with Gasteiger partial charge in [0.15, 0.2) is 11.6 Å². The lowest BCUT2D eigenvalue weighted by atomic mass is 10.1. The maximum Gasteiger partial charge on any atom is 0.261 e. The van der Waals surface area contributed by atoms with Gasteiger partial charge in [-0.2, -0.15) is 5.26 Å². The minimum absolute atomic E-state index is 0.0527. The van der Waals surface area contributed by atoms with Crippen LogP contribution in [-0.4, -0.2) is 34.3 Å². The number of nitriles is 1. The molecule has 2 aliphatic rings. The molecule has 2 amide bonds. The molecule has 6 nitrogen and oxygen atoms in total. The Labute approximate surface area is 159 Å². The summed E-state index contributed by atoms with van der Waals surface area (Å²) in [5.74, 6) is -1.30. The van der Waals surface area contributed by atoms with Crippen molar-refractivity contribution in [2.75, 3.05) is 11.9 Å². The van der Waals surface area contributed by atoms with Gasteiger partial charge < -0.3 is 5.32 Å². The zero-order valence-electron chi connectivity index (χ0n) is 14.1. The first-order valence-electron chi connectivity index (χ1n) is 8.47. The molecule has 1 fully saturated rings. The van der Waals surface area contributed by atoms with Crippen molar-refractivity contribution in [1.82, 2.24) is 9.88 Å². The number of fused-ring (bicyclic) bond motifs is 1. The Morgan fingerprint density at radius 2 is 1.93 bits per heavy atom.